The molecule has 1 aliphatic rings. The van der Waals surface area contributed by atoms with Crippen LogP contribution < -0.4 is 4.74 Å². The van der Waals surface area contributed by atoms with E-state index >= 15 is 0 Å². The summed E-state index contributed by atoms with van der Waals surface area (Å²) in [6, 6.07) is 6.43. The maximum Gasteiger partial charge on any atom is 0.119 e. The highest BCUT2D eigenvalue weighted by Crippen LogP contribution is 2.23. The number of hydrogen-bond acceptors (Lipinski definition) is 3. The van der Waals surface area contributed by atoms with E-state index in [9.17, 15) is 0 Å². The van der Waals surface area contributed by atoms with E-state index in [2.05, 4.69) is 57.7 Å². The Morgan fingerprint density at radius 3 is 2.48 bits per heavy atom. The molecule has 1 heterocycles. The van der Waals surface area contributed by atoms with Crippen molar-refractivity contribution in [2.75, 3.05) is 26.2 Å². The molecule has 0 radical (unpaired) electrons. The van der Waals surface area contributed by atoms with Crippen LogP contribution >= 0.6 is 0 Å². The third kappa shape index (κ3) is 4.72. The first-order chi connectivity index (χ1) is 9.95. The van der Waals surface area contributed by atoms with Gasteiger partial charge in [-0.3, -0.25) is 4.90 Å². The van der Waals surface area contributed by atoms with Crippen LogP contribution in [-0.4, -0.2) is 43.3 Å². The van der Waals surface area contributed by atoms with Gasteiger partial charge in [-0.1, -0.05) is 19.9 Å². The Labute approximate surface area is 129 Å². The number of morpholine rings is 1. The number of nitrogens with zero attached hydrogens (tertiary/aromatic N) is 1. The SMILES string of the molecule is Cc1cc(OCCN2C[C@@H](C)O[C@H](C)C2)ccc1C(C)C. The van der Waals surface area contributed by atoms with Gasteiger partial charge in [0.25, 0.3) is 0 Å². The third-order valence-corrected chi connectivity index (χ3v) is 4.03. The molecule has 1 aliphatic heterocycles. The minimum Gasteiger partial charge on any atom is -0.492 e. The zero-order chi connectivity index (χ0) is 15.4. The number of aryl methyl sites for hydroxylation is 1. The van der Waals surface area contributed by atoms with Crippen molar-refractivity contribution < 1.29 is 9.47 Å². The Balaban J connectivity index is 1.82. The summed E-state index contributed by atoms with van der Waals surface area (Å²) in [5, 5.41) is 0. The Morgan fingerprint density at radius 2 is 1.90 bits per heavy atom. The summed E-state index contributed by atoms with van der Waals surface area (Å²) >= 11 is 0. The standard InChI is InChI=1S/C18H29NO2/c1-13(2)18-7-6-17(10-14(18)3)20-9-8-19-11-15(4)21-16(5)12-19/h6-7,10,13,15-16H,8-9,11-12H2,1-5H3/t15-,16-/m1/s1. The van der Waals surface area contributed by atoms with Crippen LogP contribution in [-0.2, 0) is 4.74 Å². The molecule has 21 heavy (non-hydrogen) atoms. The van der Waals surface area contributed by atoms with Crippen molar-refractivity contribution in [1.82, 2.24) is 4.90 Å². The zero-order valence-corrected chi connectivity index (χ0v) is 14.1. The Kier molecular flexibility index (Phi) is 5.65. The summed E-state index contributed by atoms with van der Waals surface area (Å²) in [4.78, 5) is 2.42. The molecule has 1 aromatic rings. The molecule has 1 saturated heterocycles. The number of benzene rings is 1. The molecule has 118 valence electrons. The summed E-state index contributed by atoms with van der Waals surface area (Å²) in [5.41, 5.74) is 2.72. The quantitative estimate of drug-likeness (QED) is 0.827. The van der Waals surface area contributed by atoms with E-state index in [4.69, 9.17) is 9.47 Å². The maximum absolute atomic E-state index is 5.91. The van der Waals surface area contributed by atoms with Crippen LogP contribution in [0.4, 0.5) is 0 Å². The lowest BCUT2D eigenvalue weighted by Crippen LogP contribution is -2.46. The molecule has 0 bridgehead atoms. The van der Waals surface area contributed by atoms with Crippen LogP contribution in [0.2, 0.25) is 0 Å². The molecule has 1 aromatic carbocycles. The predicted molar refractivity (Wildman–Crippen MR) is 87.2 cm³/mol. The molecular weight excluding hydrogens is 262 g/mol. The van der Waals surface area contributed by atoms with E-state index in [1.165, 1.54) is 11.1 Å². The molecule has 0 N–H and O–H groups in total. The van der Waals surface area contributed by atoms with Gasteiger partial charge < -0.3 is 9.47 Å². The van der Waals surface area contributed by atoms with Crippen molar-refractivity contribution in [3.8, 4) is 5.75 Å². The van der Waals surface area contributed by atoms with Crippen molar-refractivity contribution in [3.63, 3.8) is 0 Å². The number of hydrogen-bond donors (Lipinski definition) is 0. The highest BCUT2D eigenvalue weighted by molar-refractivity contribution is 5.36. The highest BCUT2D eigenvalue weighted by atomic mass is 16.5. The average molecular weight is 291 g/mol. The molecular formula is C18H29NO2. The van der Waals surface area contributed by atoms with Crippen molar-refractivity contribution in [2.45, 2.75) is 52.7 Å². The fourth-order valence-electron chi connectivity index (χ4n) is 3.15. The monoisotopic (exact) mass is 291 g/mol. The van der Waals surface area contributed by atoms with Crippen molar-refractivity contribution in [2.24, 2.45) is 0 Å². The fraction of sp³-hybridized carbons (Fsp3) is 0.667. The maximum atomic E-state index is 5.91. The van der Waals surface area contributed by atoms with E-state index in [-0.39, 0.29) is 0 Å². The van der Waals surface area contributed by atoms with Crippen molar-refractivity contribution >= 4 is 0 Å². The van der Waals surface area contributed by atoms with E-state index in [1.54, 1.807) is 0 Å². The lowest BCUT2D eigenvalue weighted by Gasteiger charge is -2.35. The van der Waals surface area contributed by atoms with Gasteiger partial charge in [-0.15, -0.1) is 0 Å². The minimum atomic E-state index is 0.321. The number of rotatable bonds is 5. The molecule has 2 atom stereocenters. The second kappa shape index (κ2) is 7.28. The van der Waals surface area contributed by atoms with Gasteiger partial charge in [0.1, 0.15) is 12.4 Å². The Hall–Kier alpha value is -1.06. The molecule has 0 amide bonds. The fourth-order valence-corrected chi connectivity index (χ4v) is 3.15. The second-order valence-corrected chi connectivity index (χ2v) is 6.54. The molecule has 1 fully saturated rings. The van der Waals surface area contributed by atoms with Gasteiger partial charge in [0.2, 0.25) is 0 Å². The first-order valence-electron chi connectivity index (χ1n) is 8.07. The first-order valence-corrected chi connectivity index (χ1v) is 8.07. The van der Waals surface area contributed by atoms with Gasteiger partial charge in [0, 0.05) is 19.6 Å². The lowest BCUT2D eigenvalue weighted by atomic mass is 9.98. The molecule has 0 spiro atoms. The lowest BCUT2D eigenvalue weighted by molar-refractivity contribution is -0.0699. The van der Waals surface area contributed by atoms with Gasteiger partial charge in [-0.2, -0.15) is 0 Å². The van der Waals surface area contributed by atoms with Crippen LogP contribution in [0.1, 0.15) is 44.7 Å². The van der Waals surface area contributed by atoms with Crippen LogP contribution in [0.3, 0.4) is 0 Å². The molecule has 0 saturated carbocycles. The molecule has 0 unspecified atom stereocenters. The third-order valence-electron chi connectivity index (χ3n) is 4.03. The second-order valence-electron chi connectivity index (χ2n) is 6.54. The Bertz CT molecular complexity index is 449. The van der Waals surface area contributed by atoms with E-state index in [1.807, 2.05) is 0 Å². The van der Waals surface area contributed by atoms with Gasteiger partial charge >= 0.3 is 0 Å². The van der Waals surface area contributed by atoms with E-state index < -0.39 is 0 Å². The van der Waals surface area contributed by atoms with Gasteiger partial charge in [-0.25, -0.2) is 0 Å². The van der Waals surface area contributed by atoms with Gasteiger partial charge in [-0.05, 0) is 49.9 Å². The topological polar surface area (TPSA) is 21.7 Å². The van der Waals surface area contributed by atoms with E-state index in [0.29, 0.717) is 18.1 Å². The van der Waals surface area contributed by atoms with Crippen molar-refractivity contribution in [3.05, 3.63) is 29.3 Å². The van der Waals surface area contributed by atoms with Crippen LogP contribution in [0.15, 0.2) is 18.2 Å². The summed E-state index contributed by atoms with van der Waals surface area (Å²) < 4.78 is 11.7. The molecule has 0 aromatic heterocycles. The molecule has 2 rings (SSSR count). The van der Waals surface area contributed by atoms with Crippen LogP contribution in [0.5, 0.6) is 5.75 Å². The van der Waals surface area contributed by atoms with Crippen molar-refractivity contribution in [1.29, 1.82) is 0 Å². The summed E-state index contributed by atoms with van der Waals surface area (Å²) in [6.07, 6.45) is 0.641. The van der Waals surface area contributed by atoms with Gasteiger partial charge in [0.05, 0.1) is 12.2 Å². The highest BCUT2D eigenvalue weighted by Gasteiger charge is 2.21. The minimum absolute atomic E-state index is 0.321. The normalized spacial score (nSPS) is 23.5. The smallest absolute Gasteiger partial charge is 0.119 e. The van der Waals surface area contributed by atoms with E-state index in [0.717, 1.165) is 32.0 Å². The van der Waals surface area contributed by atoms with Crippen LogP contribution in [0.25, 0.3) is 0 Å². The zero-order valence-electron chi connectivity index (χ0n) is 14.1. The average Bonchev–Trinajstić information content (AvgIpc) is 2.37. The summed E-state index contributed by atoms with van der Waals surface area (Å²) in [7, 11) is 0. The largest absolute Gasteiger partial charge is 0.492 e. The summed E-state index contributed by atoms with van der Waals surface area (Å²) in [6.45, 7) is 14.6. The Morgan fingerprint density at radius 1 is 1.24 bits per heavy atom. The molecule has 3 heteroatoms. The van der Waals surface area contributed by atoms with Crippen LogP contribution in [0, 0.1) is 6.92 Å². The molecule has 3 nitrogen and oxygen atoms in total. The first kappa shape index (κ1) is 16.3. The molecule has 0 aliphatic carbocycles. The predicted octanol–water partition coefficient (Wildman–Crippen LogP) is 3.61. The number of ether oxygens (including phenoxy) is 2. The summed E-state index contributed by atoms with van der Waals surface area (Å²) in [5.74, 6) is 1.54. The van der Waals surface area contributed by atoms with Gasteiger partial charge in [0.15, 0.2) is 0 Å².